The molecule has 0 amide bonds. The lowest BCUT2D eigenvalue weighted by atomic mass is 10.5. The van der Waals surface area contributed by atoms with Crippen LogP contribution in [0.2, 0.25) is 0 Å². The minimum absolute atomic E-state index is 0.0430. The van der Waals surface area contributed by atoms with E-state index in [4.69, 9.17) is 38.5 Å². The molecule has 0 aliphatic rings. The average Bonchev–Trinajstić information content (AvgIpc) is 2.84. The zero-order valence-corrected chi connectivity index (χ0v) is 22.5. The summed E-state index contributed by atoms with van der Waals surface area (Å²) in [5.74, 6) is -0.807. The van der Waals surface area contributed by atoms with Gasteiger partial charge in [0, 0.05) is 19.9 Å². The molecule has 0 saturated heterocycles. The number of nitrogens with zero attached hydrogens (tertiary/aromatic N) is 2. The van der Waals surface area contributed by atoms with Crippen LogP contribution in [-0.2, 0) is 42.1 Å². The summed E-state index contributed by atoms with van der Waals surface area (Å²) < 4.78 is 51.9. The molecule has 0 aliphatic heterocycles. The summed E-state index contributed by atoms with van der Waals surface area (Å²) in [4.78, 5) is 35.7. The normalized spacial score (nSPS) is 11.5. The Morgan fingerprint density at radius 3 is 1.58 bits per heavy atom. The van der Waals surface area contributed by atoms with Crippen LogP contribution < -0.4 is 5.73 Å². The third kappa shape index (κ3) is 17.8. The van der Waals surface area contributed by atoms with Gasteiger partial charge in [-0.05, 0) is 19.3 Å². The first-order chi connectivity index (χ1) is 17.2. The molecule has 0 fully saturated rings. The standard InChI is InChI=1S/C21H40N3O11P/c1-5-10-29-18(25)17-24(4)19(22)23-36(28,34-15-8-13-32-20(26)30-11-6-2)35-16-9-14-33-21(27)31-12-7-3/h5-17H2,1-4H3,(H2,22,23,28). The highest BCUT2D eigenvalue weighted by Gasteiger charge is 2.26. The minimum atomic E-state index is -4.13. The zero-order chi connectivity index (χ0) is 27.2. The summed E-state index contributed by atoms with van der Waals surface area (Å²) in [5, 5.41) is 0. The molecule has 0 aromatic rings. The molecule has 2 N–H and O–H groups in total. The predicted octanol–water partition coefficient (Wildman–Crippen LogP) is 3.23. The zero-order valence-electron chi connectivity index (χ0n) is 21.6. The molecular weight excluding hydrogens is 501 g/mol. The summed E-state index contributed by atoms with van der Waals surface area (Å²) in [5.41, 5.74) is 5.88. The Bertz CT molecular complexity index is 687. The summed E-state index contributed by atoms with van der Waals surface area (Å²) >= 11 is 0. The van der Waals surface area contributed by atoms with E-state index >= 15 is 0 Å². The molecule has 0 spiro atoms. The minimum Gasteiger partial charge on any atom is -0.464 e. The Kier molecular flexibility index (Phi) is 19.1. The molecule has 0 atom stereocenters. The highest BCUT2D eigenvalue weighted by atomic mass is 31.2. The van der Waals surface area contributed by atoms with Crippen LogP contribution in [0.4, 0.5) is 9.59 Å². The molecule has 0 radical (unpaired) electrons. The van der Waals surface area contributed by atoms with Crippen LogP contribution >= 0.6 is 7.75 Å². The van der Waals surface area contributed by atoms with E-state index in [2.05, 4.69) is 4.76 Å². The highest BCUT2D eigenvalue weighted by Crippen LogP contribution is 2.50. The van der Waals surface area contributed by atoms with Crippen molar-refractivity contribution in [2.45, 2.75) is 52.9 Å². The summed E-state index contributed by atoms with van der Waals surface area (Å²) in [6.45, 7) is 5.70. The fourth-order valence-electron chi connectivity index (χ4n) is 2.08. The number of carbonyl (C=O) groups is 3. The third-order valence-electron chi connectivity index (χ3n) is 3.82. The van der Waals surface area contributed by atoms with Crippen molar-refractivity contribution in [3.8, 4) is 0 Å². The van der Waals surface area contributed by atoms with E-state index < -0.39 is 26.0 Å². The van der Waals surface area contributed by atoms with E-state index in [0.717, 1.165) is 0 Å². The number of ether oxygens (including phenoxy) is 5. The first-order valence-corrected chi connectivity index (χ1v) is 13.4. The lowest BCUT2D eigenvalue weighted by Crippen LogP contribution is -2.38. The molecule has 36 heavy (non-hydrogen) atoms. The number of likely N-dealkylation sites (N-methyl/N-ethyl adjacent to an activating group) is 1. The van der Waals surface area contributed by atoms with E-state index in [0.29, 0.717) is 19.3 Å². The maximum Gasteiger partial charge on any atom is 0.508 e. The molecule has 0 heterocycles. The van der Waals surface area contributed by atoms with E-state index in [1.807, 2.05) is 20.8 Å². The van der Waals surface area contributed by atoms with Crippen LogP contribution in [-0.4, -0.2) is 89.0 Å². The molecule has 0 aromatic heterocycles. The van der Waals surface area contributed by atoms with Gasteiger partial charge in [-0.15, -0.1) is 4.76 Å². The topological polar surface area (TPSA) is 175 Å². The third-order valence-corrected chi connectivity index (χ3v) is 5.29. The number of carbonyl (C=O) groups excluding carboxylic acids is 3. The van der Waals surface area contributed by atoms with E-state index in [1.165, 1.54) is 11.9 Å². The molecule has 0 rings (SSSR count). The predicted molar refractivity (Wildman–Crippen MR) is 129 cm³/mol. The molecule has 0 aromatic carbocycles. The van der Waals surface area contributed by atoms with Crippen LogP contribution in [0.1, 0.15) is 52.9 Å². The SMILES string of the molecule is CCCOC(=O)CN(C)/C(N)=N/P(=O)(OCCCOC(=O)OCCC)OCCCOC(=O)OCCC. The van der Waals surface area contributed by atoms with Gasteiger partial charge in [-0.3, -0.25) is 13.8 Å². The van der Waals surface area contributed by atoms with Crippen LogP contribution in [0, 0.1) is 0 Å². The maximum atomic E-state index is 13.1. The van der Waals surface area contributed by atoms with Crippen molar-refractivity contribution in [1.29, 1.82) is 0 Å². The number of esters is 1. The molecule has 15 heteroatoms. The van der Waals surface area contributed by atoms with Crippen molar-refractivity contribution >= 4 is 32.0 Å². The van der Waals surface area contributed by atoms with Gasteiger partial charge in [0.2, 0.25) is 5.96 Å². The Morgan fingerprint density at radius 1 is 0.722 bits per heavy atom. The van der Waals surface area contributed by atoms with Gasteiger partial charge < -0.3 is 34.3 Å². The molecular formula is C21H40N3O11P. The number of rotatable bonds is 19. The number of nitrogens with two attached hydrogens (primary N) is 1. The molecule has 0 bridgehead atoms. The van der Waals surface area contributed by atoms with Crippen LogP contribution in [0.15, 0.2) is 4.76 Å². The van der Waals surface area contributed by atoms with Gasteiger partial charge in [0.25, 0.3) is 0 Å². The summed E-state index contributed by atoms with van der Waals surface area (Å²) in [6, 6.07) is 0. The Morgan fingerprint density at radius 2 is 1.14 bits per heavy atom. The van der Waals surface area contributed by atoms with Crippen molar-refractivity contribution in [1.82, 2.24) is 4.90 Å². The second-order valence-electron chi connectivity index (χ2n) is 7.27. The van der Waals surface area contributed by atoms with Gasteiger partial charge in [0.1, 0.15) is 6.54 Å². The summed E-state index contributed by atoms with van der Waals surface area (Å²) in [6.07, 6.45) is 0.711. The van der Waals surface area contributed by atoms with Gasteiger partial charge >= 0.3 is 26.0 Å². The fraction of sp³-hybridized carbons (Fsp3) is 0.810. The fourth-order valence-corrected chi connectivity index (χ4v) is 3.39. The monoisotopic (exact) mass is 541 g/mol. The first-order valence-electron chi connectivity index (χ1n) is 11.9. The second-order valence-corrected chi connectivity index (χ2v) is 8.92. The van der Waals surface area contributed by atoms with E-state index in [9.17, 15) is 18.9 Å². The number of hydrogen-bond donors (Lipinski definition) is 1. The van der Waals surface area contributed by atoms with Gasteiger partial charge in [-0.1, -0.05) is 20.8 Å². The van der Waals surface area contributed by atoms with Crippen molar-refractivity contribution in [3.63, 3.8) is 0 Å². The molecule has 210 valence electrons. The molecule has 0 unspecified atom stereocenters. The van der Waals surface area contributed by atoms with E-state index in [1.54, 1.807) is 0 Å². The van der Waals surface area contributed by atoms with Crippen LogP contribution in [0.3, 0.4) is 0 Å². The van der Waals surface area contributed by atoms with E-state index in [-0.39, 0.29) is 71.6 Å². The largest absolute Gasteiger partial charge is 0.508 e. The van der Waals surface area contributed by atoms with Crippen molar-refractivity contribution in [2.24, 2.45) is 10.5 Å². The van der Waals surface area contributed by atoms with Crippen LogP contribution in [0.25, 0.3) is 0 Å². The van der Waals surface area contributed by atoms with Gasteiger partial charge in [0.15, 0.2) is 0 Å². The lowest BCUT2D eigenvalue weighted by Gasteiger charge is -2.20. The van der Waals surface area contributed by atoms with Crippen molar-refractivity contribution in [3.05, 3.63) is 0 Å². The van der Waals surface area contributed by atoms with Crippen molar-refractivity contribution in [2.75, 3.05) is 59.8 Å². The Hall–Kier alpha value is -2.57. The maximum absolute atomic E-state index is 13.1. The Balaban J connectivity index is 4.87. The number of guanidine groups is 1. The molecule has 0 aliphatic carbocycles. The molecule has 0 saturated carbocycles. The Labute approximate surface area is 212 Å². The number of hydrogen-bond acceptors (Lipinski definition) is 11. The van der Waals surface area contributed by atoms with Crippen molar-refractivity contribution < 1.29 is 51.7 Å². The summed E-state index contributed by atoms with van der Waals surface area (Å²) in [7, 11) is -2.67. The average molecular weight is 542 g/mol. The highest BCUT2D eigenvalue weighted by molar-refractivity contribution is 7.52. The first kappa shape index (κ1) is 33.4. The van der Waals surface area contributed by atoms with Gasteiger partial charge in [-0.2, -0.15) is 0 Å². The van der Waals surface area contributed by atoms with Gasteiger partial charge in [0.05, 0.1) is 46.2 Å². The smallest absolute Gasteiger partial charge is 0.464 e. The second kappa shape index (κ2) is 20.6. The molecule has 14 nitrogen and oxygen atoms in total. The quantitative estimate of drug-likeness (QED) is 0.0630. The van der Waals surface area contributed by atoms with Crippen LogP contribution in [0.5, 0.6) is 0 Å². The van der Waals surface area contributed by atoms with Gasteiger partial charge in [-0.25, -0.2) is 14.2 Å². The lowest BCUT2D eigenvalue weighted by molar-refractivity contribution is -0.143.